The molecule has 0 amide bonds. The topological polar surface area (TPSA) is 93.2 Å². The van der Waals surface area contributed by atoms with Crippen molar-refractivity contribution in [3.63, 3.8) is 0 Å². The predicted octanol–water partition coefficient (Wildman–Crippen LogP) is 3.51. The molecule has 0 saturated heterocycles. The van der Waals surface area contributed by atoms with Gasteiger partial charge < -0.3 is 10.1 Å². The number of aromatic nitrogens is 2. The molecule has 0 unspecified atom stereocenters. The number of aryl methyl sites for hydroxylation is 2. The first-order valence-electron chi connectivity index (χ1n) is 8.66. The summed E-state index contributed by atoms with van der Waals surface area (Å²) in [6.45, 7) is 4.34. The van der Waals surface area contributed by atoms with Gasteiger partial charge in [0, 0.05) is 18.9 Å². The Hall–Kier alpha value is -3.13. The van der Waals surface area contributed by atoms with Gasteiger partial charge in [-0.25, -0.2) is 13.4 Å². The maximum Gasteiger partial charge on any atom is 0.265 e. The summed E-state index contributed by atoms with van der Waals surface area (Å²) in [6, 6.07) is 10.5. The number of anilines is 2. The first-order valence-corrected chi connectivity index (χ1v) is 10.1. The number of sulfonamides is 1. The fourth-order valence-corrected chi connectivity index (χ4v) is 3.88. The Labute approximate surface area is 164 Å². The summed E-state index contributed by atoms with van der Waals surface area (Å²) in [5.41, 5.74) is 3.22. The van der Waals surface area contributed by atoms with Crippen LogP contribution in [0.1, 0.15) is 16.7 Å². The summed E-state index contributed by atoms with van der Waals surface area (Å²) in [4.78, 5) is 8.41. The molecule has 28 heavy (non-hydrogen) atoms. The van der Waals surface area contributed by atoms with E-state index in [4.69, 9.17) is 4.74 Å². The van der Waals surface area contributed by atoms with Crippen LogP contribution >= 0.6 is 0 Å². The number of benzene rings is 1. The van der Waals surface area contributed by atoms with Gasteiger partial charge in [0.25, 0.3) is 10.0 Å². The molecule has 3 aromatic rings. The van der Waals surface area contributed by atoms with Crippen LogP contribution in [-0.2, 0) is 16.6 Å². The standard InChI is InChI=1S/C20H22N4O3S/c1-14-9-18(27-3)19(10-15(14)2)28(25,26)24-17-6-7-20(23-13-17)22-12-16-5-4-8-21-11-16/h4-11,13,24H,12H2,1-3H3,(H,22,23). The predicted molar refractivity (Wildman–Crippen MR) is 109 cm³/mol. The molecule has 0 bridgehead atoms. The van der Waals surface area contributed by atoms with Crippen molar-refractivity contribution < 1.29 is 13.2 Å². The minimum atomic E-state index is -3.81. The molecule has 146 valence electrons. The maximum atomic E-state index is 12.8. The van der Waals surface area contributed by atoms with Gasteiger partial charge in [0.2, 0.25) is 0 Å². The van der Waals surface area contributed by atoms with Gasteiger partial charge >= 0.3 is 0 Å². The third kappa shape index (κ3) is 4.58. The lowest BCUT2D eigenvalue weighted by molar-refractivity contribution is 0.402. The Kier molecular flexibility index (Phi) is 5.79. The smallest absolute Gasteiger partial charge is 0.265 e. The lowest BCUT2D eigenvalue weighted by Gasteiger charge is -2.14. The van der Waals surface area contributed by atoms with Crippen molar-refractivity contribution in [3.05, 3.63) is 71.7 Å². The van der Waals surface area contributed by atoms with Crippen LogP contribution < -0.4 is 14.8 Å². The molecule has 0 fully saturated rings. The number of rotatable bonds is 7. The van der Waals surface area contributed by atoms with Gasteiger partial charge in [-0.3, -0.25) is 9.71 Å². The third-order valence-electron chi connectivity index (χ3n) is 4.28. The van der Waals surface area contributed by atoms with E-state index >= 15 is 0 Å². The van der Waals surface area contributed by atoms with E-state index in [0.29, 0.717) is 23.8 Å². The molecule has 0 aliphatic rings. The van der Waals surface area contributed by atoms with Crippen LogP contribution in [0.25, 0.3) is 0 Å². The molecule has 8 heteroatoms. The highest BCUT2D eigenvalue weighted by atomic mass is 32.2. The van der Waals surface area contributed by atoms with Crippen molar-refractivity contribution in [1.29, 1.82) is 0 Å². The van der Waals surface area contributed by atoms with Gasteiger partial charge in [-0.15, -0.1) is 0 Å². The van der Waals surface area contributed by atoms with Gasteiger partial charge in [-0.2, -0.15) is 0 Å². The quantitative estimate of drug-likeness (QED) is 0.633. The van der Waals surface area contributed by atoms with Crippen LogP contribution in [0, 0.1) is 13.8 Å². The van der Waals surface area contributed by atoms with Crippen LogP contribution in [0.3, 0.4) is 0 Å². The average Bonchev–Trinajstić information content (AvgIpc) is 2.69. The summed E-state index contributed by atoms with van der Waals surface area (Å²) in [6.07, 6.45) is 4.95. The minimum absolute atomic E-state index is 0.0943. The Morgan fingerprint density at radius 2 is 1.86 bits per heavy atom. The van der Waals surface area contributed by atoms with Crippen molar-refractivity contribution in [2.45, 2.75) is 25.3 Å². The summed E-state index contributed by atoms with van der Waals surface area (Å²) < 4.78 is 33.4. The van der Waals surface area contributed by atoms with Gasteiger partial charge in [0.15, 0.2) is 0 Å². The van der Waals surface area contributed by atoms with E-state index in [1.54, 1.807) is 36.7 Å². The van der Waals surface area contributed by atoms with E-state index in [0.717, 1.165) is 16.7 Å². The minimum Gasteiger partial charge on any atom is -0.495 e. The van der Waals surface area contributed by atoms with E-state index in [-0.39, 0.29) is 4.90 Å². The number of methoxy groups -OCH3 is 1. The second kappa shape index (κ2) is 8.26. The van der Waals surface area contributed by atoms with E-state index in [9.17, 15) is 8.42 Å². The first-order chi connectivity index (χ1) is 13.4. The molecule has 0 saturated carbocycles. The van der Waals surface area contributed by atoms with E-state index in [1.807, 2.05) is 26.0 Å². The fourth-order valence-electron chi connectivity index (χ4n) is 2.60. The normalized spacial score (nSPS) is 11.1. The zero-order valence-electron chi connectivity index (χ0n) is 15.9. The highest BCUT2D eigenvalue weighted by molar-refractivity contribution is 7.92. The fraction of sp³-hybridized carbons (Fsp3) is 0.200. The van der Waals surface area contributed by atoms with Gasteiger partial charge in [0.05, 0.1) is 19.0 Å². The van der Waals surface area contributed by atoms with Crippen LogP contribution in [0.5, 0.6) is 5.75 Å². The number of nitrogens with one attached hydrogen (secondary N) is 2. The number of hydrogen-bond donors (Lipinski definition) is 2. The van der Waals surface area contributed by atoms with Crippen LogP contribution in [0.15, 0.2) is 59.9 Å². The molecule has 7 nitrogen and oxygen atoms in total. The highest BCUT2D eigenvalue weighted by Gasteiger charge is 2.21. The Balaban J connectivity index is 1.73. The monoisotopic (exact) mass is 398 g/mol. The second-order valence-corrected chi connectivity index (χ2v) is 7.99. The Morgan fingerprint density at radius 3 is 2.50 bits per heavy atom. The highest BCUT2D eigenvalue weighted by Crippen LogP contribution is 2.29. The van der Waals surface area contributed by atoms with Crippen molar-refractivity contribution in [2.75, 3.05) is 17.1 Å². The van der Waals surface area contributed by atoms with Crippen LogP contribution in [0.2, 0.25) is 0 Å². The SMILES string of the molecule is COc1cc(C)c(C)cc1S(=O)(=O)Nc1ccc(NCc2cccnc2)nc1. The lowest BCUT2D eigenvalue weighted by Crippen LogP contribution is -2.15. The average molecular weight is 398 g/mol. The number of pyridine rings is 2. The zero-order chi connectivity index (χ0) is 20.1. The van der Waals surface area contributed by atoms with E-state index in [2.05, 4.69) is 20.0 Å². The molecular weight excluding hydrogens is 376 g/mol. The largest absolute Gasteiger partial charge is 0.495 e. The summed E-state index contributed by atoms with van der Waals surface area (Å²) >= 11 is 0. The molecule has 0 aliphatic heterocycles. The molecule has 0 spiro atoms. The maximum absolute atomic E-state index is 12.8. The summed E-state index contributed by atoms with van der Waals surface area (Å²) in [5, 5.41) is 3.17. The van der Waals surface area contributed by atoms with Crippen LogP contribution in [0.4, 0.5) is 11.5 Å². The summed E-state index contributed by atoms with van der Waals surface area (Å²) in [5.74, 6) is 0.939. The molecule has 2 aromatic heterocycles. The number of nitrogens with zero attached hydrogens (tertiary/aromatic N) is 2. The van der Waals surface area contributed by atoms with Crippen molar-refractivity contribution in [2.24, 2.45) is 0 Å². The van der Waals surface area contributed by atoms with Gasteiger partial charge in [-0.05, 0) is 60.9 Å². The lowest BCUT2D eigenvalue weighted by atomic mass is 10.1. The Bertz CT molecular complexity index is 1050. The zero-order valence-corrected chi connectivity index (χ0v) is 16.7. The molecular formula is C20H22N4O3S. The molecule has 0 atom stereocenters. The Morgan fingerprint density at radius 1 is 1.07 bits per heavy atom. The van der Waals surface area contributed by atoms with Gasteiger partial charge in [0.1, 0.15) is 16.5 Å². The van der Waals surface area contributed by atoms with Crippen molar-refractivity contribution in [1.82, 2.24) is 9.97 Å². The van der Waals surface area contributed by atoms with Gasteiger partial charge in [-0.1, -0.05) is 6.07 Å². The number of ether oxygens (including phenoxy) is 1. The molecule has 3 rings (SSSR count). The first kappa shape index (κ1) is 19.6. The van der Waals surface area contributed by atoms with Crippen molar-refractivity contribution >= 4 is 21.5 Å². The molecule has 0 radical (unpaired) electrons. The molecule has 2 heterocycles. The van der Waals surface area contributed by atoms with Crippen LogP contribution in [-0.4, -0.2) is 25.5 Å². The van der Waals surface area contributed by atoms with Crippen molar-refractivity contribution in [3.8, 4) is 5.75 Å². The number of hydrogen-bond acceptors (Lipinski definition) is 6. The summed E-state index contributed by atoms with van der Waals surface area (Å²) in [7, 11) is -2.36. The van der Waals surface area contributed by atoms with E-state index < -0.39 is 10.0 Å². The third-order valence-corrected chi connectivity index (χ3v) is 5.68. The molecule has 0 aliphatic carbocycles. The molecule has 1 aromatic carbocycles. The van der Waals surface area contributed by atoms with E-state index in [1.165, 1.54) is 13.3 Å². The molecule has 2 N–H and O–H groups in total. The second-order valence-electron chi connectivity index (χ2n) is 6.34.